The summed E-state index contributed by atoms with van der Waals surface area (Å²) >= 11 is 0. The van der Waals surface area contributed by atoms with Crippen LogP contribution in [0.2, 0.25) is 0 Å². The number of rotatable bonds is 3. The Morgan fingerprint density at radius 2 is 1.95 bits per heavy atom. The summed E-state index contributed by atoms with van der Waals surface area (Å²) in [5, 5.41) is 10.3. The first kappa shape index (κ1) is 15.8. The van der Waals surface area contributed by atoms with Crippen molar-refractivity contribution in [2.75, 3.05) is 19.7 Å². The molecule has 0 aliphatic carbocycles. The second-order valence-electron chi connectivity index (χ2n) is 7.27. The number of likely N-dealkylation sites (tertiary alicyclic amines) is 1. The number of hydrogen-bond donors (Lipinski definition) is 1. The zero-order chi connectivity index (χ0) is 14.8. The third-order valence-electron chi connectivity index (χ3n) is 4.71. The predicted octanol–water partition coefficient (Wildman–Crippen LogP) is 2.35. The van der Waals surface area contributed by atoms with Crippen molar-refractivity contribution in [3.05, 3.63) is 0 Å². The van der Waals surface area contributed by atoms with Crippen molar-refractivity contribution in [1.29, 1.82) is 0 Å². The molecule has 1 N–H and O–H groups in total. The molecule has 0 aromatic heterocycles. The van der Waals surface area contributed by atoms with Crippen molar-refractivity contribution >= 4 is 5.91 Å². The quantitative estimate of drug-likeness (QED) is 0.865. The minimum absolute atomic E-state index is 0.198. The van der Waals surface area contributed by atoms with Gasteiger partial charge in [0.25, 0.3) is 0 Å². The van der Waals surface area contributed by atoms with Crippen LogP contribution in [0.15, 0.2) is 0 Å². The molecule has 2 saturated heterocycles. The van der Waals surface area contributed by atoms with Crippen LogP contribution in [0.1, 0.15) is 59.3 Å². The molecule has 0 radical (unpaired) electrons. The van der Waals surface area contributed by atoms with Crippen LogP contribution < -0.4 is 0 Å². The second-order valence-corrected chi connectivity index (χ2v) is 7.27. The van der Waals surface area contributed by atoms with Crippen molar-refractivity contribution in [2.24, 2.45) is 5.92 Å². The SMILES string of the molecule is CC(C)CCC(=O)N1CCC2(CC1)CC(C)(O)CCO2. The van der Waals surface area contributed by atoms with Crippen LogP contribution in [-0.2, 0) is 9.53 Å². The molecule has 0 bridgehead atoms. The first-order valence-corrected chi connectivity index (χ1v) is 7.96. The van der Waals surface area contributed by atoms with Gasteiger partial charge in [0.15, 0.2) is 0 Å². The van der Waals surface area contributed by atoms with Gasteiger partial charge in [-0.1, -0.05) is 13.8 Å². The van der Waals surface area contributed by atoms with Crippen molar-refractivity contribution < 1.29 is 14.6 Å². The molecular weight excluding hydrogens is 254 g/mol. The fraction of sp³-hybridized carbons (Fsp3) is 0.938. The number of nitrogens with zero attached hydrogens (tertiary/aromatic N) is 1. The Hall–Kier alpha value is -0.610. The average Bonchev–Trinajstić information content (AvgIpc) is 2.35. The lowest BCUT2D eigenvalue weighted by molar-refractivity contribution is -0.175. The van der Waals surface area contributed by atoms with Crippen LogP contribution in [0.4, 0.5) is 0 Å². The lowest BCUT2D eigenvalue weighted by atomic mass is 9.78. The molecule has 2 rings (SSSR count). The summed E-state index contributed by atoms with van der Waals surface area (Å²) < 4.78 is 5.97. The van der Waals surface area contributed by atoms with Crippen LogP contribution in [0.25, 0.3) is 0 Å². The molecule has 2 heterocycles. The number of carbonyl (C=O) groups excluding carboxylic acids is 1. The average molecular weight is 283 g/mol. The highest BCUT2D eigenvalue weighted by Crippen LogP contribution is 2.39. The number of ether oxygens (including phenoxy) is 1. The third kappa shape index (κ3) is 3.95. The first-order valence-electron chi connectivity index (χ1n) is 7.96. The Kier molecular flexibility index (Phi) is 4.75. The molecular formula is C16H29NO3. The van der Waals surface area contributed by atoms with Crippen LogP contribution in [0.5, 0.6) is 0 Å². The van der Waals surface area contributed by atoms with Crippen molar-refractivity contribution in [1.82, 2.24) is 4.90 Å². The van der Waals surface area contributed by atoms with E-state index >= 15 is 0 Å². The van der Waals surface area contributed by atoms with Crippen LogP contribution >= 0.6 is 0 Å². The number of amides is 1. The Morgan fingerprint density at radius 3 is 2.50 bits per heavy atom. The zero-order valence-electron chi connectivity index (χ0n) is 13.2. The highest BCUT2D eigenvalue weighted by atomic mass is 16.5. The Balaban J connectivity index is 1.84. The monoisotopic (exact) mass is 283 g/mol. The lowest BCUT2D eigenvalue weighted by Gasteiger charge is -2.48. The maximum atomic E-state index is 12.1. The molecule has 2 fully saturated rings. The van der Waals surface area contributed by atoms with Gasteiger partial charge >= 0.3 is 0 Å². The number of carbonyl (C=O) groups is 1. The molecule has 4 nitrogen and oxygen atoms in total. The van der Waals surface area contributed by atoms with E-state index in [2.05, 4.69) is 13.8 Å². The highest BCUT2D eigenvalue weighted by molar-refractivity contribution is 5.76. The molecule has 1 atom stereocenters. The molecule has 0 saturated carbocycles. The number of piperidine rings is 1. The van der Waals surface area contributed by atoms with Gasteiger partial charge in [-0.15, -0.1) is 0 Å². The largest absolute Gasteiger partial charge is 0.390 e. The minimum Gasteiger partial charge on any atom is -0.390 e. The zero-order valence-corrected chi connectivity index (χ0v) is 13.2. The summed E-state index contributed by atoms with van der Waals surface area (Å²) in [5.74, 6) is 0.850. The van der Waals surface area contributed by atoms with Gasteiger partial charge in [-0.25, -0.2) is 0 Å². The summed E-state index contributed by atoms with van der Waals surface area (Å²) in [4.78, 5) is 14.1. The van der Waals surface area contributed by atoms with Crippen LogP contribution in [0, 0.1) is 5.92 Å². The van der Waals surface area contributed by atoms with Crippen LogP contribution in [-0.4, -0.2) is 46.8 Å². The van der Waals surface area contributed by atoms with Gasteiger partial charge < -0.3 is 14.7 Å². The summed E-state index contributed by atoms with van der Waals surface area (Å²) in [6.45, 7) is 8.37. The van der Waals surface area contributed by atoms with E-state index in [9.17, 15) is 9.90 Å². The van der Waals surface area contributed by atoms with Gasteiger partial charge in [0.05, 0.1) is 17.8 Å². The highest BCUT2D eigenvalue weighted by Gasteiger charge is 2.44. The van der Waals surface area contributed by atoms with Gasteiger partial charge in [-0.05, 0) is 38.5 Å². The second kappa shape index (κ2) is 6.02. The fourth-order valence-electron chi connectivity index (χ4n) is 3.38. The smallest absolute Gasteiger partial charge is 0.222 e. The minimum atomic E-state index is -0.609. The van der Waals surface area contributed by atoms with E-state index in [4.69, 9.17) is 4.74 Å². The Bertz CT molecular complexity index is 344. The molecule has 4 heteroatoms. The van der Waals surface area contributed by atoms with Gasteiger partial charge in [-0.3, -0.25) is 4.79 Å². The number of aliphatic hydroxyl groups is 1. The normalized spacial score (nSPS) is 29.9. The van der Waals surface area contributed by atoms with Gasteiger partial charge in [0, 0.05) is 25.9 Å². The molecule has 20 heavy (non-hydrogen) atoms. The van der Waals surface area contributed by atoms with E-state index in [1.54, 1.807) is 0 Å². The molecule has 2 aliphatic heterocycles. The topological polar surface area (TPSA) is 49.8 Å². The lowest BCUT2D eigenvalue weighted by Crippen LogP contribution is -2.54. The van der Waals surface area contributed by atoms with Crippen LogP contribution in [0.3, 0.4) is 0 Å². The first-order chi connectivity index (χ1) is 9.32. The van der Waals surface area contributed by atoms with Gasteiger partial charge in [-0.2, -0.15) is 0 Å². The van der Waals surface area contributed by atoms with E-state index in [1.165, 1.54) is 0 Å². The fourth-order valence-corrected chi connectivity index (χ4v) is 3.38. The third-order valence-corrected chi connectivity index (χ3v) is 4.71. The van der Waals surface area contributed by atoms with E-state index in [0.29, 0.717) is 31.8 Å². The molecule has 1 amide bonds. The van der Waals surface area contributed by atoms with E-state index in [1.807, 2.05) is 11.8 Å². The number of hydrogen-bond acceptors (Lipinski definition) is 3. The molecule has 0 aromatic carbocycles. The summed E-state index contributed by atoms with van der Waals surface area (Å²) in [7, 11) is 0. The predicted molar refractivity (Wildman–Crippen MR) is 78.4 cm³/mol. The molecule has 1 spiro atoms. The summed E-state index contributed by atoms with van der Waals surface area (Å²) in [6, 6.07) is 0. The Morgan fingerprint density at radius 1 is 1.30 bits per heavy atom. The maximum Gasteiger partial charge on any atom is 0.222 e. The van der Waals surface area contributed by atoms with Gasteiger partial charge in [0.1, 0.15) is 0 Å². The Labute approximate surface area is 122 Å². The molecule has 0 aromatic rings. The van der Waals surface area contributed by atoms with Gasteiger partial charge in [0.2, 0.25) is 5.91 Å². The molecule has 116 valence electrons. The van der Waals surface area contributed by atoms with E-state index in [-0.39, 0.29) is 11.5 Å². The van der Waals surface area contributed by atoms with Crippen molar-refractivity contribution in [2.45, 2.75) is 70.5 Å². The van der Waals surface area contributed by atoms with Crippen molar-refractivity contribution in [3.8, 4) is 0 Å². The van der Waals surface area contributed by atoms with Crippen molar-refractivity contribution in [3.63, 3.8) is 0 Å². The standard InChI is InChI=1S/C16H29NO3/c1-13(2)4-5-14(18)17-9-6-16(7-10-17)12-15(3,19)8-11-20-16/h13,19H,4-12H2,1-3H3. The maximum absolute atomic E-state index is 12.1. The molecule has 2 aliphatic rings. The molecule has 1 unspecified atom stereocenters. The van der Waals surface area contributed by atoms with E-state index < -0.39 is 5.60 Å². The van der Waals surface area contributed by atoms with E-state index in [0.717, 1.165) is 32.4 Å². The summed E-state index contributed by atoms with van der Waals surface area (Å²) in [5.41, 5.74) is -0.807. The summed E-state index contributed by atoms with van der Waals surface area (Å²) in [6.07, 6.45) is 4.75.